The first-order chi connectivity index (χ1) is 8.61. The van der Waals surface area contributed by atoms with Crippen molar-refractivity contribution in [2.24, 2.45) is 0 Å². The van der Waals surface area contributed by atoms with E-state index < -0.39 is 0 Å². The molecule has 0 saturated carbocycles. The van der Waals surface area contributed by atoms with Crippen molar-refractivity contribution in [2.45, 2.75) is 31.8 Å². The van der Waals surface area contributed by atoms with E-state index in [1.807, 2.05) is 21.6 Å². The first-order valence-corrected chi connectivity index (χ1v) is 8.95. The maximum Gasteiger partial charge on any atom is 0.319 e. The summed E-state index contributed by atoms with van der Waals surface area (Å²) in [6.07, 6.45) is 1.25. The molecule has 2 aliphatic heterocycles. The lowest BCUT2D eigenvalue weighted by Gasteiger charge is -2.32. The van der Waals surface area contributed by atoms with Crippen LogP contribution in [-0.4, -0.2) is 71.4 Å². The number of piperazine rings is 1. The molecule has 0 aromatic rings. The molecule has 0 radical (unpaired) electrons. The van der Waals surface area contributed by atoms with Crippen LogP contribution < -0.4 is 5.32 Å². The summed E-state index contributed by atoms with van der Waals surface area (Å²) in [5.41, 5.74) is 0.414. The fourth-order valence-electron chi connectivity index (χ4n) is 2.23. The number of amidine groups is 1. The Labute approximate surface area is 119 Å². The van der Waals surface area contributed by atoms with E-state index in [1.165, 1.54) is 24.7 Å². The monoisotopic (exact) mass is 289 g/mol. The average Bonchev–Trinajstić information content (AvgIpc) is 2.88. The third-order valence-electron chi connectivity index (χ3n) is 3.75. The van der Waals surface area contributed by atoms with Crippen LogP contribution in [0.25, 0.3) is 0 Å². The molecular weight excluding hydrogens is 264 g/mol. The van der Waals surface area contributed by atoms with Crippen molar-refractivity contribution < 1.29 is 4.58 Å². The Hall–Kier alpha value is 0.0900. The van der Waals surface area contributed by atoms with Crippen molar-refractivity contribution in [3.63, 3.8) is 0 Å². The summed E-state index contributed by atoms with van der Waals surface area (Å²) in [5.74, 6) is 0. The Bertz CT molecular complexity index is 309. The Kier molecular flexibility index (Phi) is 5.24. The quantitative estimate of drug-likeness (QED) is 0.623. The van der Waals surface area contributed by atoms with Crippen LogP contribution in [0.4, 0.5) is 0 Å². The molecule has 2 fully saturated rings. The second-order valence-electron chi connectivity index (χ2n) is 5.23. The Morgan fingerprint density at radius 1 is 1.44 bits per heavy atom. The number of nitrogens with one attached hydrogen (secondary N) is 1. The summed E-state index contributed by atoms with van der Waals surface area (Å²) in [7, 11) is 8.03. The minimum atomic E-state index is 0.414. The molecule has 0 aromatic heterocycles. The molecule has 2 atom stereocenters. The maximum absolute atomic E-state index is 3.59. The van der Waals surface area contributed by atoms with Crippen LogP contribution in [-0.2, 0) is 0 Å². The highest BCUT2D eigenvalue weighted by atomic mass is 33.1. The molecule has 104 valence electrons. The van der Waals surface area contributed by atoms with Gasteiger partial charge in [0.15, 0.2) is 0 Å². The molecule has 0 amide bonds. The van der Waals surface area contributed by atoms with Gasteiger partial charge < -0.3 is 0 Å². The zero-order valence-electron chi connectivity index (χ0n) is 11.8. The summed E-state index contributed by atoms with van der Waals surface area (Å²) < 4.78 is 2.50. The predicted molar refractivity (Wildman–Crippen MR) is 82.1 cm³/mol. The van der Waals surface area contributed by atoms with Crippen LogP contribution in [0.2, 0.25) is 0 Å². The molecule has 0 aliphatic carbocycles. The van der Waals surface area contributed by atoms with Crippen molar-refractivity contribution in [3.8, 4) is 0 Å². The molecule has 2 rings (SSSR count). The highest BCUT2D eigenvalue weighted by Crippen LogP contribution is 2.33. The number of hydrogen-bond acceptors (Lipinski definition) is 4. The first kappa shape index (κ1) is 14.5. The third-order valence-corrected chi connectivity index (χ3v) is 6.41. The lowest BCUT2D eigenvalue weighted by atomic mass is 10.2. The van der Waals surface area contributed by atoms with E-state index in [4.69, 9.17) is 0 Å². The zero-order chi connectivity index (χ0) is 13.1. The molecule has 0 spiro atoms. The van der Waals surface area contributed by atoms with Gasteiger partial charge in [-0.2, -0.15) is 0 Å². The fraction of sp³-hybridized carbons (Fsp3) is 0.917. The molecule has 4 nitrogen and oxygen atoms in total. The highest BCUT2D eigenvalue weighted by molar-refractivity contribution is 8.83. The summed E-state index contributed by atoms with van der Waals surface area (Å²) in [6.45, 7) is 9.30. The van der Waals surface area contributed by atoms with Crippen molar-refractivity contribution in [1.82, 2.24) is 15.1 Å². The van der Waals surface area contributed by atoms with E-state index in [9.17, 15) is 0 Å². The lowest BCUT2D eigenvalue weighted by molar-refractivity contribution is -0.539. The second-order valence-corrected chi connectivity index (χ2v) is 7.49. The first-order valence-electron chi connectivity index (χ1n) is 6.74. The normalized spacial score (nSPS) is 27.7. The molecule has 2 unspecified atom stereocenters. The van der Waals surface area contributed by atoms with E-state index in [1.54, 1.807) is 0 Å². The number of nitrogens with zero attached hydrogens (tertiary/aromatic N) is 3. The van der Waals surface area contributed by atoms with Gasteiger partial charge in [0.25, 0.3) is 0 Å². The van der Waals surface area contributed by atoms with Crippen LogP contribution in [0.3, 0.4) is 0 Å². The van der Waals surface area contributed by atoms with Crippen molar-refractivity contribution in [1.29, 1.82) is 0 Å². The molecular formula is C12H25N4S2+. The van der Waals surface area contributed by atoms with Crippen LogP contribution in [0.1, 0.15) is 20.3 Å². The zero-order valence-corrected chi connectivity index (χ0v) is 13.5. The Balaban J connectivity index is 1.90. The SMILES string of the molecule is CCC(C)N1CC[N+](=C2NC(N(C)C)SS2)CC1. The summed E-state index contributed by atoms with van der Waals surface area (Å²) in [5, 5.41) is 4.94. The highest BCUT2D eigenvalue weighted by Gasteiger charge is 2.33. The predicted octanol–water partition coefficient (Wildman–Crippen LogP) is 1.30. The van der Waals surface area contributed by atoms with Gasteiger partial charge in [0, 0.05) is 29.9 Å². The number of hydrogen-bond donors (Lipinski definition) is 1. The van der Waals surface area contributed by atoms with Gasteiger partial charge >= 0.3 is 5.17 Å². The van der Waals surface area contributed by atoms with Gasteiger partial charge in [0.2, 0.25) is 5.50 Å². The molecule has 6 heteroatoms. The van der Waals surface area contributed by atoms with Crippen LogP contribution in [0.15, 0.2) is 0 Å². The van der Waals surface area contributed by atoms with Crippen molar-refractivity contribution >= 4 is 26.8 Å². The molecule has 1 N–H and O–H groups in total. The van der Waals surface area contributed by atoms with Gasteiger partial charge in [0.05, 0.1) is 13.1 Å². The van der Waals surface area contributed by atoms with Gasteiger partial charge in [0.1, 0.15) is 0 Å². The van der Waals surface area contributed by atoms with Crippen molar-refractivity contribution in [3.05, 3.63) is 0 Å². The van der Waals surface area contributed by atoms with Gasteiger partial charge in [-0.05, 0) is 38.2 Å². The molecule has 0 aromatic carbocycles. The smallest absolute Gasteiger partial charge is 0.293 e. The van der Waals surface area contributed by atoms with E-state index in [0.717, 1.165) is 19.1 Å². The van der Waals surface area contributed by atoms with Gasteiger partial charge in [-0.1, -0.05) is 6.92 Å². The minimum absolute atomic E-state index is 0.414. The average molecular weight is 289 g/mol. The Morgan fingerprint density at radius 3 is 2.61 bits per heavy atom. The van der Waals surface area contributed by atoms with E-state index in [0.29, 0.717) is 5.50 Å². The third kappa shape index (κ3) is 3.35. The molecule has 0 bridgehead atoms. The minimum Gasteiger partial charge on any atom is -0.293 e. The molecule has 2 saturated heterocycles. The maximum atomic E-state index is 3.59. The van der Waals surface area contributed by atoms with Gasteiger partial charge in [-0.25, -0.2) is 5.32 Å². The van der Waals surface area contributed by atoms with E-state index >= 15 is 0 Å². The fourth-order valence-corrected chi connectivity index (χ4v) is 4.93. The number of rotatable bonds is 3. The summed E-state index contributed by atoms with van der Waals surface area (Å²) in [6, 6.07) is 0.727. The van der Waals surface area contributed by atoms with E-state index in [2.05, 4.69) is 47.6 Å². The summed E-state index contributed by atoms with van der Waals surface area (Å²) in [4.78, 5) is 4.83. The van der Waals surface area contributed by atoms with Crippen LogP contribution in [0.5, 0.6) is 0 Å². The summed E-state index contributed by atoms with van der Waals surface area (Å²) >= 11 is 0. The topological polar surface area (TPSA) is 21.5 Å². The molecule has 18 heavy (non-hydrogen) atoms. The largest absolute Gasteiger partial charge is 0.319 e. The van der Waals surface area contributed by atoms with Gasteiger partial charge in [-0.15, -0.1) is 0 Å². The Morgan fingerprint density at radius 2 is 2.11 bits per heavy atom. The second kappa shape index (κ2) is 6.50. The van der Waals surface area contributed by atoms with Crippen LogP contribution >= 0.6 is 21.6 Å². The van der Waals surface area contributed by atoms with E-state index in [-0.39, 0.29) is 0 Å². The van der Waals surface area contributed by atoms with Crippen molar-refractivity contribution in [2.75, 3.05) is 40.3 Å². The lowest BCUT2D eigenvalue weighted by Crippen LogP contribution is -2.49. The van der Waals surface area contributed by atoms with Crippen LogP contribution in [0, 0.1) is 0 Å². The van der Waals surface area contributed by atoms with Gasteiger partial charge in [-0.3, -0.25) is 14.4 Å². The molecule has 2 heterocycles. The standard InChI is InChI=1S/C12H24N4S2/c1-5-10(2)15-6-8-16(9-7-15)12-13-11(14(3)4)17-18-12/h10-11H,5-9H2,1-4H3/p+1. The molecule has 2 aliphatic rings.